The normalized spacial score (nSPS) is 10.8. The van der Waals surface area contributed by atoms with Crippen molar-refractivity contribution < 1.29 is 0 Å². The van der Waals surface area contributed by atoms with E-state index in [1.807, 2.05) is 11.4 Å². The van der Waals surface area contributed by atoms with Crippen molar-refractivity contribution in [1.29, 1.82) is 0 Å². The lowest BCUT2D eigenvalue weighted by Gasteiger charge is -2.08. The van der Waals surface area contributed by atoms with Crippen LogP contribution in [0.3, 0.4) is 0 Å². The van der Waals surface area contributed by atoms with E-state index >= 15 is 0 Å². The van der Waals surface area contributed by atoms with Crippen LogP contribution in [0, 0.1) is 0 Å². The summed E-state index contributed by atoms with van der Waals surface area (Å²) >= 11 is 1.52. The highest BCUT2D eigenvalue weighted by atomic mass is 32.1. The van der Waals surface area contributed by atoms with E-state index in [1.54, 1.807) is 5.51 Å². The van der Waals surface area contributed by atoms with Crippen molar-refractivity contribution in [2.24, 2.45) is 5.84 Å². The lowest BCUT2D eigenvalue weighted by Crippen LogP contribution is -2.11. The quantitative estimate of drug-likeness (QED) is 0.628. The number of thiazole rings is 1. The molecular weight excluding hydrogens is 222 g/mol. The van der Waals surface area contributed by atoms with E-state index in [9.17, 15) is 0 Å². The molecule has 0 fully saturated rings. The van der Waals surface area contributed by atoms with Crippen LogP contribution in [0.15, 0.2) is 17.0 Å². The van der Waals surface area contributed by atoms with Crippen LogP contribution < -0.4 is 11.3 Å². The minimum atomic E-state index is 0.326. The monoisotopic (exact) mass is 235 g/mol. The maximum atomic E-state index is 5.38. The van der Waals surface area contributed by atoms with Crippen molar-refractivity contribution in [1.82, 2.24) is 15.0 Å². The Labute approximate surface area is 97.7 Å². The van der Waals surface area contributed by atoms with Crippen molar-refractivity contribution in [2.75, 3.05) is 5.43 Å². The summed E-state index contributed by atoms with van der Waals surface area (Å²) in [6, 6.07) is 1.85. The third-order valence-electron chi connectivity index (χ3n) is 2.15. The second-order valence-electron chi connectivity index (χ2n) is 3.67. The van der Waals surface area contributed by atoms with Crippen molar-refractivity contribution >= 4 is 17.2 Å². The molecule has 0 aliphatic rings. The summed E-state index contributed by atoms with van der Waals surface area (Å²) in [5.41, 5.74) is 6.04. The van der Waals surface area contributed by atoms with Crippen LogP contribution in [0.25, 0.3) is 11.5 Å². The number of nitrogens with one attached hydrogen (secondary N) is 1. The van der Waals surface area contributed by atoms with Gasteiger partial charge in [0, 0.05) is 17.1 Å². The Morgan fingerprint density at radius 1 is 1.38 bits per heavy atom. The van der Waals surface area contributed by atoms with Crippen molar-refractivity contribution in [3.05, 3.63) is 22.7 Å². The van der Waals surface area contributed by atoms with Gasteiger partial charge >= 0.3 is 0 Å². The Morgan fingerprint density at radius 3 is 2.75 bits per heavy atom. The second-order valence-corrected chi connectivity index (χ2v) is 4.39. The minimum absolute atomic E-state index is 0.326. The minimum Gasteiger partial charge on any atom is -0.308 e. The molecule has 84 valence electrons. The third-order valence-corrected chi connectivity index (χ3v) is 2.73. The van der Waals surface area contributed by atoms with Gasteiger partial charge in [0.15, 0.2) is 5.82 Å². The molecule has 0 aromatic carbocycles. The predicted octanol–water partition coefficient (Wildman–Crippen LogP) is 2.01. The van der Waals surface area contributed by atoms with E-state index in [0.717, 1.165) is 11.4 Å². The maximum Gasteiger partial charge on any atom is 0.181 e. The molecule has 6 heteroatoms. The fraction of sp³-hybridized carbons (Fsp3) is 0.300. The molecule has 0 aliphatic carbocycles. The summed E-state index contributed by atoms with van der Waals surface area (Å²) in [5.74, 6) is 6.93. The molecule has 0 saturated heterocycles. The maximum absolute atomic E-state index is 5.38. The number of nitrogen functional groups attached to an aromatic ring is 1. The topological polar surface area (TPSA) is 76.7 Å². The van der Waals surface area contributed by atoms with Crippen LogP contribution in [-0.2, 0) is 0 Å². The van der Waals surface area contributed by atoms with Gasteiger partial charge in [0.05, 0.1) is 5.51 Å². The van der Waals surface area contributed by atoms with Gasteiger partial charge in [0.1, 0.15) is 11.5 Å². The van der Waals surface area contributed by atoms with E-state index in [0.29, 0.717) is 17.6 Å². The molecule has 5 nitrogen and oxygen atoms in total. The number of nitrogens with two attached hydrogens (primary N) is 1. The summed E-state index contributed by atoms with van der Waals surface area (Å²) in [7, 11) is 0. The third kappa shape index (κ3) is 2.17. The molecule has 0 saturated carbocycles. The summed E-state index contributed by atoms with van der Waals surface area (Å²) in [4.78, 5) is 12.9. The summed E-state index contributed by atoms with van der Waals surface area (Å²) in [6.45, 7) is 4.15. The standard InChI is InChI=1S/C10H13N5S/c1-6(2)7-3-9(15-11)14-10(13-7)8-4-16-5-12-8/h3-6H,11H2,1-2H3,(H,13,14,15). The predicted molar refractivity (Wildman–Crippen MR) is 65.0 cm³/mol. The van der Waals surface area contributed by atoms with Gasteiger partial charge in [-0.15, -0.1) is 11.3 Å². The SMILES string of the molecule is CC(C)c1cc(NN)nc(-c2cscn2)n1. The first-order valence-corrected chi connectivity index (χ1v) is 5.89. The molecule has 2 aromatic heterocycles. The van der Waals surface area contributed by atoms with Crippen LogP contribution in [0.5, 0.6) is 0 Å². The molecule has 16 heavy (non-hydrogen) atoms. The van der Waals surface area contributed by atoms with Gasteiger partial charge in [-0.3, -0.25) is 0 Å². The molecule has 0 aliphatic heterocycles. The van der Waals surface area contributed by atoms with Gasteiger partial charge in [-0.05, 0) is 5.92 Å². The number of hydrogen-bond acceptors (Lipinski definition) is 6. The van der Waals surface area contributed by atoms with Gasteiger partial charge in [-0.25, -0.2) is 20.8 Å². The van der Waals surface area contributed by atoms with Crippen LogP contribution in [0.1, 0.15) is 25.5 Å². The zero-order valence-electron chi connectivity index (χ0n) is 9.14. The summed E-state index contributed by atoms with van der Waals surface area (Å²) < 4.78 is 0. The number of hydrazine groups is 1. The molecule has 2 aromatic rings. The lowest BCUT2D eigenvalue weighted by atomic mass is 10.1. The average Bonchev–Trinajstić information content (AvgIpc) is 2.81. The molecule has 0 radical (unpaired) electrons. The molecule has 2 rings (SSSR count). The molecule has 0 amide bonds. The fourth-order valence-electron chi connectivity index (χ4n) is 1.27. The largest absolute Gasteiger partial charge is 0.308 e. The van der Waals surface area contributed by atoms with E-state index in [4.69, 9.17) is 5.84 Å². The highest BCUT2D eigenvalue weighted by Crippen LogP contribution is 2.21. The first kappa shape index (κ1) is 11.0. The lowest BCUT2D eigenvalue weighted by molar-refractivity contribution is 0.816. The number of rotatable bonds is 3. The molecular formula is C10H13N5S. The van der Waals surface area contributed by atoms with Crippen LogP contribution >= 0.6 is 11.3 Å². The van der Waals surface area contributed by atoms with Crippen LogP contribution in [0.2, 0.25) is 0 Å². The van der Waals surface area contributed by atoms with Gasteiger partial charge in [-0.2, -0.15) is 0 Å². The number of nitrogens with zero attached hydrogens (tertiary/aromatic N) is 3. The van der Waals surface area contributed by atoms with Crippen molar-refractivity contribution in [2.45, 2.75) is 19.8 Å². The summed E-state index contributed by atoms with van der Waals surface area (Å²) in [6.07, 6.45) is 0. The van der Waals surface area contributed by atoms with E-state index in [-0.39, 0.29) is 0 Å². The Kier molecular flexibility index (Phi) is 3.12. The van der Waals surface area contributed by atoms with Crippen LogP contribution in [0.4, 0.5) is 5.82 Å². The molecule has 0 spiro atoms. The number of anilines is 1. The van der Waals surface area contributed by atoms with Crippen molar-refractivity contribution in [3.63, 3.8) is 0 Å². The van der Waals surface area contributed by atoms with Gasteiger partial charge < -0.3 is 5.43 Å². The zero-order chi connectivity index (χ0) is 11.5. The first-order valence-electron chi connectivity index (χ1n) is 4.95. The molecule has 0 atom stereocenters. The molecule has 0 bridgehead atoms. The van der Waals surface area contributed by atoms with Crippen LogP contribution in [-0.4, -0.2) is 15.0 Å². The Bertz CT molecular complexity index is 466. The Balaban J connectivity index is 2.49. The van der Waals surface area contributed by atoms with Gasteiger partial charge in [-0.1, -0.05) is 13.8 Å². The zero-order valence-corrected chi connectivity index (χ0v) is 9.95. The molecule has 2 heterocycles. The van der Waals surface area contributed by atoms with Crippen molar-refractivity contribution in [3.8, 4) is 11.5 Å². The molecule has 0 unspecified atom stereocenters. The average molecular weight is 235 g/mol. The smallest absolute Gasteiger partial charge is 0.181 e. The highest BCUT2D eigenvalue weighted by molar-refractivity contribution is 7.07. The van der Waals surface area contributed by atoms with Gasteiger partial charge in [0.25, 0.3) is 0 Å². The number of aromatic nitrogens is 3. The fourth-order valence-corrected chi connectivity index (χ4v) is 1.80. The Hall–Kier alpha value is -1.53. The van der Waals surface area contributed by atoms with Gasteiger partial charge in [0.2, 0.25) is 0 Å². The van der Waals surface area contributed by atoms with E-state index in [2.05, 4.69) is 34.2 Å². The molecule has 3 N–H and O–H groups in total. The highest BCUT2D eigenvalue weighted by Gasteiger charge is 2.10. The Morgan fingerprint density at radius 2 is 2.19 bits per heavy atom. The number of hydrogen-bond donors (Lipinski definition) is 2. The van der Waals surface area contributed by atoms with E-state index in [1.165, 1.54) is 11.3 Å². The summed E-state index contributed by atoms with van der Waals surface area (Å²) in [5, 5.41) is 1.92. The second kappa shape index (κ2) is 4.54. The van der Waals surface area contributed by atoms with E-state index < -0.39 is 0 Å². The first-order chi connectivity index (χ1) is 7.70.